The van der Waals surface area contributed by atoms with Crippen LogP contribution in [-0.2, 0) is 20.7 Å². The van der Waals surface area contributed by atoms with E-state index in [9.17, 15) is 14.4 Å². The van der Waals surface area contributed by atoms with E-state index >= 15 is 0 Å². The largest absolute Gasteiger partial charge is 0.493 e. The molecule has 0 atom stereocenters. The van der Waals surface area contributed by atoms with Crippen LogP contribution in [-0.4, -0.2) is 45.2 Å². The molecule has 0 aliphatic carbocycles. The molecule has 2 amide bonds. The molecule has 0 radical (unpaired) electrons. The molecule has 0 bridgehead atoms. The van der Waals surface area contributed by atoms with Crippen LogP contribution in [0.1, 0.15) is 22.8 Å². The molecule has 0 aromatic heterocycles. The van der Waals surface area contributed by atoms with Gasteiger partial charge in [0.15, 0.2) is 24.7 Å². The van der Waals surface area contributed by atoms with Crippen molar-refractivity contribution in [2.75, 3.05) is 27.4 Å². The Balaban J connectivity index is 1.75. The highest BCUT2D eigenvalue weighted by Gasteiger charge is 2.13. The van der Waals surface area contributed by atoms with Gasteiger partial charge in [0.1, 0.15) is 5.75 Å². The summed E-state index contributed by atoms with van der Waals surface area (Å²) in [5.74, 6) is -0.559. The molecule has 0 heterocycles. The molecule has 30 heavy (non-hydrogen) atoms. The maximum absolute atomic E-state index is 12.1. The molecule has 0 aliphatic heterocycles. The van der Waals surface area contributed by atoms with E-state index in [2.05, 4.69) is 10.9 Å². The van der Waals surface area contributed by atoms with Crippen molar-refractivity contribution >= 4 is 17.8 Å². The van der Waals surface area contributed by atoms with Gasteiger partial charge in [0.25, 0.3) is 11.8 Å². The van der Waals surface area contributed by atoms with Crippen LogP contribution in [0.2, 0.25) is 0 Å². The SMILES string of the molecule is CCc1ccccc1OCC(=O)OCC(=O)NNC(=O)c1ccc(OC)c(OC)c1. The lowest BCUT2D eigenvalue weighted by Gasteiger charge is -2.11. The van der Waals surface area contributed by atoms with Crippen LogP contribution in [0.15, 0.2) is 42.5 Å². The van der Waals surface area contributed by atoms with Gasteiger partial charge in [0.2, 0.25) is 0 Å². The Bertz CT molecular complexity index is 899. The van der Waals surface area contributed by atoms with Gasteiger partial charge in [0.05, 0.1) is 14.2 Å². The van der Waals surface area contributed by atoms with Crippen LogP contribution in [0.5, 0.6) is 17.2 Å². The van der Waals surface area contributed by atoms with Gasteiger partial charge in [-0.25, -0.2) is 4.79 Å². The zero-order valence-electron chi connectivity index (χ0n) is 17.0. The Morgan fingerprint density at radius 2 is 1.60 bits per heavy atom. The summed E-state index contributed by atoms with van der Waals surface area (Å²) in [5, 5.41) is 0. The number of ether oxygens (including phenoxy) is 4. The molecule has 0 saturated heterocycles. The van der Waals surface area contributed by atoms with Gasteiger partial charge in [0, 0.05) is 5.56 Å². The van der Waals surface area contributed by atoms with Crippen molar-refractivity contribution in [3.8, 4) is 17.2 Å². The van der Waals surface area contributed by atoms with Crippen LogP contribution in [0.3, 0.4) is 0 Å². The van der Waals surface area contributed by atoms with Crippen molar-refractivity contribution in [2.24, 2.45) is 0 Å². The fourth-order valence-electron chi connectivity index (χ4n) is 2.47. The minimum absolute atomic E-state index is 0.243. The first-order chi connectivity index (χ1) is 14.5. The average Bonchev–Trinajstić information content (AvgIpc) is 2.79. The third-order valence-corrected chi connectivity index (χ3v) is 4.02. The Hall–Kier alpha value is -3.75. The second-order valence-corrected chi connectivity index (χ2v) is 5.98. The van der Waals surface area contributed by atoms with E-state index in [0.717, 1.165) is 12.0 Å². The molecule has 0 unspecified atom stereocenters. The predicted molar refractivity (Wildman–Crippen MR) is 107 cm³/mol. The fraction of sp³-hybridized carbons (Fsp3) is 0.286. The molecule has 9 nitrogen and oxygen atoms in total. The van der Waals surface area contributed by atoms with Crippen molar-refractivity contribution in [3.63, 3.8) is 0 Å². The van der Waals surface area contributed by atoms with Gasteiger partial charge >= 0.3 is 5.97 Å². The molecule has 2 aromatic rings. The minimum atomic E-state index is -0.706. The van der Waals surface area contributed by atoms with Crippen LogP contribution in [0, 0.1) is 0 Å². The molecule has 160 valence electrons. The maximum Gasteiger partial charge on any atom is 0.344 e. The van der Waals surface area contributed by atoms with Gasteiger partial charge in [-0.2, -0.15) is 0 Å². The number of nitrogens with one attached hydrogen (secondary N) is 2. The number of carbonyl (C=O) groups excluding carboxylic acids is 3. The van der Waals surface area contributed by atoms with E-state index in [0.29, 0.717) is 17.2 Å². The molecule has 9 heteroatoms. The first-order valence-electron chi connectivity index (χ1n) is 9.16. The second kappa shape index (κ2) is 11.3. The summed E-state index contributed by atoms with van der Waals surface area (Å²) in [4.78, 5) is 35.7. The number of amides is 2. The maximum atomic E-state index is 12.1. The fourth-order valence-corrected chi connectivity index (χ4v) is 2.47. The highest BCUT2D eigenvalue weighted by Crippen LogP contribution is 2.27. The normalized spacial score (nSPS) is 9.97. The molecule has 0 aliphatic rings. The first-order valence-corrected chi connectivity index (χ1v) is 9.16. The standard InChI is InChI=1S/C21H24N2O7/c1-4-14-7-5-6-8-16(14)29-13-20(25)30-12-19(24)22-23-21(26)15-9-10-17(27-2)18(11-15)28-3/h5-11H,4,12-13H2,1-3H3,(H,22,24)(H,23,26). The summed E-state index contributed by atoms with van der Waals surface area (Å²) in [6.45, 7) is 1.08. The number of hydrogen-bond donors (Lipinski definition) is 2. The Kier molecular flexibility index (Phi) is 8.49. The molecular formula is C21H24N2O7. The molecule has 0 spiro atoms. The highest BCUT2D eigenvalue weighted by atomic mass is 16.6. The van der Waals surface area contributed by atoms with Gasteiger partial charge in [-0.1, -0.05) is 25.1 Å². The summed E-state index contributed by atoms with van der Waals surface area (Å²) in [7, 11) is 2.92. The monoisotopic (exact) mass is 416 g/mol. The topological polar surface area (TPSA) is 112 Å². The summed E-state index contributed by atoms with van der Waals surface area (Å²) >= 11 is 0. The molecule has 2 N–H and O–H groups in total. The number of aryl methyl sites for hydroxylation is 1. The predicted octanol–water partition coefficient (Wildman–Crippen LogP) is 1.65. The van der Waals surface area contributed by atoms with E-state index in [1.807, 2.05) is 19.1 Å². The van der Waals surface area contributed by atoms with Crippen LogP contribution in [0.25, 0.3) is 0 Å². The van der Waals surface area contributed by atoms with Gasteiger partial charge in [-0.3, -0.25) is 20.4 Å². The number of hydrazine groups is 1. The quantitative estimate of drug-likeness (QED) is 0.472. The number of methoxy groups -OCH3 is 2. The lowest BCUT2D eigenvalue weighted by Crippen LogP contribution is -2.43. The van der Waals surface area contributed by atoms with Crippen molar-refractivity contribution in [1.29, 1.82) is 0 Å². The van der Waals surface area contributed by atoms with E-state index in [4.69, 9.17) is 18.9 Å². The van der Waals surface area contributed by atoms with Crippen LogP contribution in [0.4, 0.5) is 0 Å². The lowest BCUT2D eigenvalue weighted by atomic mass is 10.1. The van der Waals surface area contributed by atoms with E-state index < -0.39 is 24.4 Å². The summed E-state index contributed by atoms with van der Waals surface area (Å²) in [5.41, 5.74) is 5.60. The van der Waals surface area contributed by atoms with Gasteiger partial charge in [-0.15, -0.1) is 0 Å². The Morgan fingerprint density at radius 3 is 2.30 bits per heavy atom. The van der Waals surface area contributed by atoms with Gasteiger partial charge < -0.3 is 18.9 Å². The van der Waals surface area contributed by atoms with Crippen molar-refractivity contribution < 1.29 is 33.3 Å². The molecule has 2 aromatic carbocycles. The van der Waals surface area contributed by atoms with E-state index in [-0.39, 0.29) is 12.2 Å². The zero-order chi connectivity index (χ0) is 21.9. The number of rotatable bonds is 9. The summed E-state index contributed by atoms with van der Waals surface area (Å²) in [6.07, 6.45) is 0.757. The molecular weight excluding hydrogens is 392 g/mol. The minimum Gasteiger partial charge on any atom is -0.493 e. The first kappa shape index (κ1) is 22.5. The Labute approximate surface area is 174 Å². The smallest absolute Gasteiger partial charge is 0.344 e. The Morgan fingerprint density at radius 1 is 0.867 bits per heavy atom. The zero-order valence-corrected chi connectivity index (χ0v) is 17.0. The molecule has 0 fully saturated rings. The number of benzene rings is 2. The molecule has 2 rings (SSSR count). The number of para-hydroxylation sites is 1. The van der Waals surface area contributed by atoms with Crippen molar-refractivity contribution in [1.82, 2.24) is 10.9 Å². The van der Waals surface area contributed by atoms with Gasteiger partial charge in [-0.05, 0) is 36.2 Å². The van der Waals surface area contributed by atoms with Crippen LogP contribution >= 0.6 is 0 Å². The highest BCUT2D eigenvalue weighted by molar-refractivity contribution is 5.96. The van der Waals surface area contributed by atoms with Crippen molar-refractivity contribution in [2.45, 2.75) is 13.3 Å². The lowest BCUT2D eigenvalue weighted by molar-refractivity contribution is -0.150. The second-order valence-electron chi connectivity index (χ2n) is 5.98. The number of hydrogen-bond acceptors (Lipinski definition) is 7. The number of esters is 1. The van der Waals surface area contributed by atoms with E-state index in [1.54, 1.807) is 18.2 Å². The summed E-state index contributed by atoms with van der Waals surface area (Å²) < 4.78 is 20.5. The average molecular weight is 416 g/mol. The van der Waals surface area contributed by atoms with E-state index in [1.165, 1.54) is 26.4 Å². The van der Waals surface area contributed by atoms with Crippen molar-refractivity contribution in [3.05, 3.63) is 53.6 Å². The summed E-state index contributed by atoms with van der Waals surface area (Å²) in [6, 6.07) is 11.9. The van der Waals surface area contributed by atoms with Crippen LogP contribution < -0.4 is 25.1 Å². The molecule has 0 saturated carbocycles. The third kappa shape index (κ3) is 6.40. The number of carbonyl (C=O) groups is 3. The third-order valence-electron chi connectivity index (χ3n) is 4.02.